The Morgan fingerprint density at radius 1 is 1.42 bits per heavy atom. The van der Waals surface area contributed by atoms with Crippen LogP contribution in [0.15, 0.2) is 23.1 Å². The Hall–Kier alpha value is -1.08. The number of hydrogen-bond donors (Lipinski definition) is 0. The van der Waals surface area contributed by atoms with Gasteiger partial charge in [-0.25, -0.2) is 4.79 Å². The van der Waals surface area contributed by atoms with Crippen LogP contribution < -0.4 is 4.74 Å². The number of rotatable bonds is 4. The molecular weight excluding hydrogens is 305 g/mol. The fourth-order valence-electron chi connectivity index (χ4n) is 1.18. The van der Waals surface area contributed by atoms with Gasteiger partial charge in [-0.05, 0) is 36.9 Å². The molecule has 1 unspecified atom stereocenters. The Bertz CT molecular complexity index is 465. The van der Waals surface area contributed by atoms with Crippen LogP contribution in [0.5, 0.6) is 5.75 Å². The Kier molecular flexibility index (Phi) is 5.37. The fraction of sp³-hybridized carbons (Fsp3) is 0.364. The van der Waals surface area contributed by atoms with Crippen molar-refractivity contribution in [2.75, 3.05) is 7.11 Å². The number of hydrogen-bond acceptors (Lipinski definition) is 4. The first-order valence-corrected chi connectivity index (χ1v) is 6.22. The maximum absolute atomic E-state index is 12.2. The van der Waals surface area contributed by atoms with Crippen molar-refractivity contribution >= 4 is 29.3 Å². The summed E-state index contributed by atoms with van der Waals surface area (Å²) in [4.78, 5) is 11.1. The van der Waals surface area contributed by atoms with Crippen LogP contribution in [0, 0.1) is 0 Å². The maximum Gasteiger partial charge on any atom is 0.446 e. The van der Waals surface area contributed by atoms with E-state index >= 15 is 0 Å². The van der Waals surface area contributed by atoms with Gasteiger partial charge < -0.3 is 9.47 Å². The predicted octanol–water partition coefficient (Wildman–Crippen LogP) is 3.89. The van der Waals surface area contributed by atoms with Gasteiger partial charge in [-0.3, -0.25) is 0 Å². The Labute approximate surface area is 117 Å². The zero-order valence-electron chi connectivity index (χ0n) is 9.95. The molecule has 0 aliphatic heterocycles. The summed E-state index contributed by atoms with van der Waals surface area (Å²) >= 11 is 5.51. The number of carbonyl (C=O) groups is 1. The number of esters is 1. The molecule has 0 aliphatic rings. The molecule has 0 heterocycles. The number of halogens is 4. The third-order valence-corrected chi connectivity index (χ3v) is 2.99. The van der Waals surface area contributed by atoms with Gasteiger partial charge in [0.25, 0.3) is 0 Å². The molecule has 0 saturated carbocycles. The van der Waals surface area contributed by atoms with Crippen LogP contribution >= 0.6 is 23.4 Å². The molecule has 0 radical (unpaired) electrons. The average molecular weight is 315 g/mol. The van der Waals surface area contributed by atoms with Crippen molar-refractivity contribution in [3.63, 3.8) is 0 Å². The lowest BCUT2D eigenvalue weighted by Gasteiger charge is -2.14. The van der Waals surface area contributed by atoms with E-state index in [1.807, 2.05) is 0 Å². The lowest BCUT2D eigenvalue weighted by atomic mass is 10.3. The minimum absolute atomic E-state index is 0.00926. The highest BCUT2D eigenvalue weighted by molar-refractivity contribution is 8.00. The monoisotopic (exact) mass is 314 g/mol. The SMILES string of the molecule is COC(=O)C(C)Oc1ccc(SC(F)(F)F)cc1Cl. The number of benzene rings is 1. The van der Waals surface area contributed by atoms with Crippen molar-refractivity contribution in [2.24, 2.45) is 0 Å². The normalized spacial score (nSPS) is 12.9. The molecular formula is C11H10ClF3O3S. The molecule has 0 spiro atoms. The van der Waals surface area contributed by atoms with Crippen LogP contribution in [-0.4, -0.2) is 24.7 Å². The van der Waals surface area contributed by atoms with Gasteiger partial charge in [0, 0.05) is 4.90 Å². The zero-order chi connectivity index (χ0) is 14.6. The number of ether oxygens (including phenoxy) is 2. The topological polar surface area (TPSA) is 35.5 Å². The first-order valence-electron chi connectivity index (χ1n) is 5.02. The van der Waals surface area contributed by atoms with Gasteiger partial charge in [-0.1, -0.05) is 11.6 Å². The van der Waals surface area contributed by atoms with E-state index in [9.17, 15) is 18.0 Å². The predicted molar refractivity (Wildman–Crippen MR) is 65.5 cm³/mol. The summed E-state index contributed by atoms with van der Waals surface area (Å²) in [5.41, 5.74) is -4.38. The molecule has 3 nitrogen and oxygen atoms in total. The van der Waals surface area contributed by atoms with E-state index in [4.69, 9.17) is 16.3 Å². The molecule has 1 aromatic carbocycles. The summed E-state index contributed by atoms with van der Waals surface area (Å²) in [7, 11) is 1.20. The van der Waals surface area contributed by atoms with E-state index < -0.39 is 17.6 Å². The van der Waals surface area contributed by atoms with Gasteiger partial charge in [0.2, 0.25) is 0 Å². The van der Waals surface area contributed by atoms with E-state index in [1.165, 1.54) is 26.2 Å². The fourth-order valence-corrected chi connectivity index (χ4v) is 2.05. The van der Waals surface area contributed by atoms with Crippen molar-refractivity contribution in [3.05, 3.63) is 23.2 Å². The zero-order valence-corrected chi connectivity index (χ0v) is 11.5. The summed E-state index contributed by atoms with van der Waals surface area (Å²) in [6, 6.07) is 3.61. The third-order valence-electron chi connectivity index (χ3n) is 1.97. The number of alkyl halides is 3. The highest BCUT2D eigenvalue weighted by atomic mass is 35.5. The molecule has 0 N–H and O–H groups in total. The second-order valence-electron chi connectivity index (χ2n) is 3.42. The number of carbonyl (C=O) groups excluding carboxylic acids is 1. The molecule has 8 heteroatoms. The van der Waals surface area contributed by atoms with Crippen LogP contribution in [0.4, 0.5) is 13.2 Å². The maximum atomic E-state index is 12.2. The number of methoxy groups -OCH3 is 1. The molecule has 0 aromatic heterocycles. The molecule has 0 saturated heterocycles. The van der Waals surface area contributed by atoms with Crippen molar-refractivity contribution in [1.29, 1.82) is 0 Å². The van der Waals surface area contributed by atoms with Crippen LogP contribution in [0.1, 0.15) is 6.92 Å². The molecule has 0 fully saturated rings. The molecule has 1 rings (SSSR count). The second kappa shape index (κ2) is 6.38. The highest BCUT2D eigenvalue weighted by Gasteiger charge is 2.29. The molecule has 0 aliphatic carbocycles. The summed E-state index contributed by atoms with van der Waals surface area (Å²) in [6.45, 7) is 1.44. The van der Waals surface area contributed by atoms with E-state index in [-0.39, 0.29) is 27.4 Å². The van der Waals surface area contributed by atoms with E-state index in [0.717, 1.165) is 6.07 Å². The average Bonchev–Trinajstić information content (AvgIpc) is 2.29. The van der Waals surface area contributed by atoms with Crippen molar-refractivity contribution < 1.29 is 27.4 Å². The Morgan fingerprint density at radius 2 is 2.05 bits per heavy atom. The third kappa shape index (κ3) is 5.20. The van der Waals surface area contributed by atoms with E-state index in [2.05, 4.69) is 4.74 Å². The van der Waals surface area contributed by atoms with Crippen molar-refractivity contribution in [1.82, 2.24) is 0 Å². The highest BCUT2D eigenvalue weighted by Crippen LogP contribution is 2.39. The van der Waals surface area contributed by atoms with Gasteiger partial charge >= 0.3 is 11.5 Å². The lowest BCUT2D eigenvalue weighted by molar-refractivity contribution is -0.147. The molecule has 0 bridgehead atoms. The van der Waals surface area contributed by atoms with E-state index in [0.29, 0.717) is 0 Å². The second-order valence-corrected chi connectivity index (χ2v) is 4.97. The molecule has 0 amide bonds. The summed E-state index contributed by atoms with van der Waals surface area (Å²) in [6.07, 6.45) is -0.899. The van der Waals surface area contributed by atoms with Crippen LogP contribution in [0.3, 0.4) is 0 Å². The first-order chi connectivity index (χ1) is 8.73. The van der Waals surface area contributed by atoms with E-state index in [1.54, 1.807) is 0 Å². The number of thioether (sulfide) groups is 1. The molecule has 1 atom stereocenters. The quantitative estimate of drug-likeness (QED) is 0.624. The molecule has 1 aromatic rings. The standard InChI is InChI=1S/C11H10ClF3O3S/c1-6(10(16)17-2)18-9-4-3-7(5-8(9)12)19-11(13,14)15/h3-6H,1-2H3. The minimum Gasteiger partial charge on any atom is -0.477 e. The molecule has 19 heavy (non-hydrogen) atoms. The first kappa shape index (κ1) is 16.0. The van der Waals surface area contributed by atoms with Crippen molar-refractivity contribution in [3.8, 4) is 5.75 Å². The minimum atomic E-state index is -4.38. The van der Waals surface area contributed by atoms with Gasteiger partial charge in [0.15, 0.2) is 6.10 Å². The van der Waals surface area contributed by atoms with Gasteiger partial charge in [0.05, 0.1) is 12.1 Å². The van der Waals surface area contributed by atoms with Gasteiger partial charge in [-0.15, -0.1) is 0 Å². The largest absolute Gasteiger partial charge is 0.477 e. The van der Waals surface area contributed by atoms with Crippen molar-refractivity contribution in [2.45, 2.75) is 23.4 Å². The van der Waals surface area contributed by atoms with Crippen LogP contribution in [-0.2, 0) is 9.53 Å². The van der Waals surface area contributed by atoms with Gasteiger partial charge in [0.1, 0.15) is 5.75 Å². The van der Waals surface area contributed by atoms with Crippen LogP contribution in [0.25, 0.3) is 0 Å². The Morgan fingerprint density at radius 3 is 2.53 bits per heavy atom. The summed E-state index contributed by atoms with van der Waals surface area (Å²) in [5, 5.41) is -0.00926. The summed E-state index contributed by atoms with van der Waals surface area (Å²) in [5.74, 6) is -0.490. The summed E-state index contributed by atoms with van der Waals surface area (Å²) < 4.78 is 46.1. The lowest BCUT2D eigenvalue weighted by Crippen LogP contribution is -2.25. The smallest absolute Gasteiger partial charge is 0.446 e. The Balaban J connectivity index is 2.80. The van der Waals surface area contributed by atoms with Crippen LogP contribution in [0.2, 0.25) is 5.02 Å². The van der Waals surface area contributed by atoms with Gasteiger partial charge in [-0.2, -0.15) is 13.2 Å². The molecule has 106 valence electrons.